The second kappa shape index (κ2) is 9.18. The number of ether oxygens (including phenoxy) is 1. The number of alkyl halides is 3. The quantitative estimate of drug-likeness (QED) is 0.803. The maximum atomic E-state index is 12.8. The average molecular weight is 400 g/mol. The van der Waals surface area contributed by atoms with Gasteiger partial charge in [0.25, 0.3) is 5.56 Å². The Morgan fingerprint density at radius 3 is 2.29 bits per heavy atom. The van der Waals surface area contributed by atoms with E-state index in [0.29, 0.717) is 5.69 Å². The van der Waals surface area contributed by atoms with E-state index >= 15 is 0 Å². The maximum absolute atomic E-state index is 12.8. The van der Waals surface area contributed by atoms with Crippen LogP contribution in [0.1, 0.15) is 50.3 Å². The summed E-state index contributed by atoms with van der Waals surface area (Å²) in [5.41, 5.74) is 3.87. The van der Waals surface area contributed by atoms with Crippen molar-refractivity contribution in [1.29, 1.82) is 0 Å². The highest BCUT2D eigenvalue weighted by molar-refractivity contribution is 5.85. The van der Waals surface area contributed by atoms with Gasteiger partial charge in [-0.3, -0.25) is 9.59 Å². The van der Waals surface area contributed by atoms with Crippen LogP contribution in [0, 0.1) is 0 Å². The number of carbonyl (C=O) groups is 1. The lowest BCUT2D eigenvalue weighted by Crippen LogP contribution is -2.31. The number of primary amides is 1. The van der Waals surface area contributed by atoms with Crippen LogP contribution in [-0.4, -0.2) is 33.6 Å². The molecule has 28 heavy (non-hydrogen) atoms. The Labute approximate surface area is 160 Å². The fourth-order valence-corrected chi connectivity index (χ4v) is 2.90. The van der Waals surface area contributed by atoms with E-state index in [4.69, 9.17) is 5.73 Å². The lowest BCUT2D eigenvalue weighted by molar-refractivity contribution is -0.137. The first-order valence-electron chi connectivity index (χ1n) is 9.14. The van der Waals surface area contributed by atoms with Crippen molar-refractivity contribution in [2.75, 3.05) is 13.2 Å². The molecule has 1 aromatic carbocycles. The summed E-state index contributed by atoms with van der Waals surface area (Å²) >= 11 is 0. The molecule has 1 amide bonds. The summed E-state index contributed by atoms with van der Waals surface area (Å²) in [5, 5.41) is 4.21. The molecule has 9 heteroatoms. The zero-order valence-corrected chi connectivity index (χ0v) is 15.9. The van der Waals surface area contributed by atoms with Crippen molar-refractivity contribution in [3.8, 4) is 0 Å². The number of benzene rings is 1. The van der Waals surface area contributed by atoms with Gasteiger partial charge in [-0.15, -0.1) is 0 Å². The molecule has 3 N–H and O–H groups in total. The van der Waals surface area contributed by atoms with Crippen LogP contribution in [0.15, 0.2) is 23.0 Å². The van der Waals surface area contributed by atoms with Gasteiger partial charge in [0.2, 0.25) is 5.91 Å². The molecule has 3 rings (SSSR count). The molecule has 0 radical (unpaired) electrons. The summed E-state index contributed by atoms with van der Waals surface area (Å²) < 4.78 is 43.6. The number of aliphatic hydroxyl groups is 2. The molecule has 0 aliphatic carbocycles. The topological polar surface area (TPSA) is 90.8 Å². The third-order valence-electron chi connectivity index (χ3n) is 4.30. The summed E-state index contributed by atoms with van der Waals surface area (Å²) in [6.45, 7) is 5.30. The van der Waals surface area contributed by atoms with Gasteiger partial charge in [0.05, 0.1) is 16.6 Å². The number of halogens is 3. The Bertz CT molecular complexity index is 876. The number of carbonyl (C=O) groups excluding carboxylic acids is 1. The zero-order valence-electron chi connectivity index (χ0n) is 15.9. The number of nitrogens with zero attached hydrogens (tertiary/aromatic N) is 2. The number of hydrogen-bond donors (Lipinski definition) is 1. The van der Waals surface area contributed by atoms with Crippen LogP contribution in [0.4, 0.5) is 13.2 Å². The predicted octanol–water partition coefficient (Wildman–Crippen LogP) is 2.72. The van der Waals surface area contributed by atoms with Crippen LogP contribution in [0.2, 0.25) is 0 Å². The second-order valence-electron chi connectivity index (χ2n) is 6.96. The van der Waals surface area contributed by atoms with Crippen LogP contribution in [0.5, 0.6) is 0 Å². The number of rotatable bonds is 3. The molecule has 0 spiro atoms. The maximum Gasteiger partial charge on any atom is 0.416 e. The van der Waals surface area contributed by atoms with Crippen LogP contribution in [0.3, 0.4) is 0 Å². The molecule has 6 nitrogen and oxygen atoms in total. The average Bonchev–Trinajstić information content (AvgIpc) is 2.64. The SMILES string of the molecule is C1CC[OH+]CC1.CC(C)c1nn(CC(N)=O)c(=O)c2ccc(C(F)(F)F)cc12. The Kier molecular flexibility index (Phi) is 7.17. The largest absolute Gasteiger partial charge is 0.434 e. The van der Waals surface area contributed by atoms with Crippen LogP contribution in [0.25, 0.3) is 10.8 Å². The fraction of sp³-hybridized carbons (Fsp3) is 0.526. The lowest BCUT2D eigenvalue weighted by Gasteiger charge is -2.14. The summed E-state index contributed by atoms with van der Waals surface area (Å²) in [7, 11) is 0. The minimum absolute atomic E-state index is 0.0768. The van der Waals surface area contributed by atoms with Crippen LogP contribution in [-0.2, 0) is 17.5 Å². The van der Waals surface area contributed by atoms with Gasteiger partial charge < -0.3 is 10.5 Å². The van der Waals surface area contributed by atoms with Gasteiger partial charge in [-0.2, -0.15) is 18.3 Å². The van der Waals surface area contributed by atoms with Crippen LogP contribution >= 0.6 is 0 Å². The first-order valence-corrected chi connectivity index (χ1v) is 9.14. The standard InChI is InChI=1S/C14H14F3N3O2.C5H10O/c1-7(2)12-10-5-8(14(15,16)17)3-4-9(10)13(22)20(19-12)6-11(18)21;1-2-4-6-5-3-1/h3-5,7H,6H2,1-2H3,(H2,18,21);1-5H2/p+1. The summed E-state index contributed by atoms with van der Waals surface area (Å²) in [5.74, 6) is -0.985. The fourth-order valence-electron chi connectivity index (χ4n) is 2.90. The van der Waals surface area contributed by atoms with E-state index in [-0.39, 0.29) is 16.7 Å². The van der Waals surface area contributed by atoms with E-state index in [9.17, 15) is 22.8 Å². The zero-order chi connectivity index (χ0) is 20.9. The van der Waals surface area contributed by atoms with Crippen molar-refractivity contribution in [2.45, 2.75) is 51.7 Å². The van der Waals surface area contributed by atoms with Crippen molar-refractivity contribution in [2.24, 2.45) is 5.73 Å². The summed E-state index contributed by atoms with van der Waals surface area (Å²) in [6.07, 6.45) is -0.436. The van der Waals surface area contributed by atoms with Gasteiger partial charge >= 0.3 is 6.18 Å². The number of amides is 1. The van der Waals surface area contributed by atoms with Crippen molar-refractivity contribution < 1.29 is 22.7 Å². The second-order valence-corrected chi connectivity index (χ2v) is 6.96. The highest BCUT2D eigenvalue weighted by Gasteiger charge is 2.31. The van der Waals surface area contributed by atoms with E-state index in [1.165, 1.54) is 19.3 Å². The van der Waals surface area contributed by atoms with Crippen molar-refractivity contribution in [3.05, 3.63) is 39.8 Å². The minimum atomic E-state index is -4.51. The number of aromatic nitrogens is 2. The molecule has 0 atom stereocenters. The van der Waals surface area contributed by atoms with E-state index in [1.54, 1.807) is 13.8 Å². The minimum Gasteiger partial charge on any atom is -0.434 e. The van der Waals surface area contributed by atoms with Gasteiger partial charge in [0.1, 0.15) is 19.8 Å². The molecule has 1 saturated heterocycles. The molecule has 1 aromatic heterocycles. The monoisotopic (exact) mass is 400 g/mol. The molecular formula is C19H25F3N3O3+. The van der Waals surface area contributed by atoms with E-state index in [1.807, 2.05) is 0 Å². The molecule has 0 bridgehead atoms. The molecular weight excluding hydrogens is 375 g/mol. The van der Waals surface area contributed by atoms with Crippen LogP contribution < -0.4 is 11.3 Å². The van der Waals surface area contributed by atoms with Crippen molar-refractivity contribution in [1.82, 2.24) is 9.78 Å². The van der Waals surface area contributed by atoms with Gasteiger partial charge in [-0.25, -0.2) is 4.68 Å². The molecule has 0 saturated carbocycles. The molecule has 0 unspecified atom stereocenters. The van der Waals surface area contributed by atoms with E-state index in [0.717, 1.165) is 36.1 Å². The third-order valence-corrected chi connectivity index (χ3v) is 4.30. The molecule has 1 fully saturated rings. The van der Waals surface area contributed by atoms with Gasteiger partial charge in [0, 0.05) is 18.2 Å². The van der Waals surface area contributed by atoms with Gasteiger partial charge in [-0.05, 0) is 30.5 Å². The molecule has 154 valence electrons. The Morgan fingerprint density at radius 2 is 1.86 bits per heavy atom. The Balaban J connectivity index is 0.000000397. The molecule has 1 aliphatic rings. The Morgan fingerprint density at radius 1 is 1.21 bits per heavy atom. The number of fused-ring (bicyclic) bond motifs is 1. The Hall–Kier alpha value is -2.42. The van der Waals surface area contributed by atoms with Gasteiger partial charge in [-0.1, -0.05) is 13.8 Å². The highest BCUT2D eigenvalue weighted by Crippen LogP contribution is 2.32. The molecule has 1 aliphatic heterocycles. The lowest BCUT2D eigenvalue weighted by atomic mass is 10.0. The van der Waals surface area contributed by atoms with Gasteiger partial charge in [0.15, 0.2) is 0 Å². The first kappa shape index (κ1) is 21.9. The highest BCUT2D eigenvalue weighted by atomic mass is 19.4. The van der Waals surface area contributed by atoms with E-state index in [2.05, 4.69) is 9.84 Å². The smallest absolute Gasteiger partial charge is 0.416 e. The van der Waals surface area contributed by atoms with Crippen molar-refractivity contribution >= 4 is 16.7 Å². The van der Waals surface area contributed by atoms with E-state index < -0.39 is 29.8 Å². The molecule has 2 heterocycles. The summed E-state index contributed by atoms with van der Waals surface area (Å²) in [4.78, 5) is 23.2. The van der Waals surface area contributed by atoms with Crippen molar-refractivity contribution in [3.63, 3.8) is 0 Å². The summed E-state index contributed by atoms with van der Waals surface area (Å²) in [6, 6.07) is 2.85. The normalized spacial score (nSPS) is 14.6. The number of hydrogen-bond acceptors (Lipinski definition) is 3. The number of nitrogens with two attached hydrogens (primary N) is 1. The molecule has 2 aromatic rings. The predicted molar refractivity (Wildman–Crippen MR) is 100 cm³/mol. The first-order chi connectivity index (χ1) is 13.1. The third kappa shape index (κ3) is 5.54.